The molecule has 0 unspecified atom stereocenters. The fourth-order valence-electron chi connectivity index (χ4n) is 0.528. The lowest BCUT2D eigenvalue weighted by molar-refractivity contribution is -0.139. The number of nitrogens with one attached hydrogen (secondary N) is 1. The summed E-state index contributed by atoms with van der Waals surface area (Å²) in [4.78, 5) is 35.8. The number of primary amides is 1. The van der Waals surface area contributed by atoms with Crippen LogP contribution >= 0.6 is 0 Å². The summed E-state index contributed by atoms with van der Waals surface area (Å²) in [5, 5.41) is 0. The highest BCUT2D eigenvalue weighted by Gasteiger charge is 2.03. The van der Waals surface area contributed by atoms with Gasteiger partial charge in [0.25, 0.3) is 0 Å². The van der Waals surface area contributed by atoms with Gasteiger partial charge in [0.2, 0.25) is 11.8 Å². The van der Waals surface area contributed by atoms with Crippen LogP contribution in [0.25, 0.3) is 0 Å². The quantitative estimate of drug-likeness (QED) is 0.516. The number of nitrogens with two attached hydrogens (primary N) is 1. The third-order valence-electron chi connectivity index (χ3n) is 1.10. The third-order valence-corrected chi connectivity index (χ3v) is 1.10. The van der Waals surface area contributed by atoms with Gasteiger partial charge in [0.1, 0.15) is 5.78 Å². The van der Waals surface area contributed by atoms with Crippen LogP contribution in [0.1, 0.15) is 19.8 Å². The number of Topliss-reactive ketones (excluding diaryl/α,β-unsaturated/α-hetero) is 1. The molecule has 0 saturated carbocycles. The number of carbonyl (C=O) groups excluding carboxylic acids is 3. The number of rotatable bonds is 6. The highest BCUT2D eigenvalue weighted by Crippen LogP contribution is 1.89. The Hall–Kier alpha value is -1.43. The number of ketones is 1. The van der Waals surface area contributed by atoms with Crippen molar-refractivity contribution in [1.82, 2.24) is 5.48 Å². The molecule has 0 spiro atoms. The van der Waals surface area contributed by atoms with E-state index >= 15 is 0 Å². The Labute approximate surface area is 75.4 Å². The minimum absolute atomic E-state index is 0.0497. The summed E-state index contributed by atoms with van der Waals surface area (Å²) < 4.78 is 0. The minimum atomic E-state index is -0.674. The number of carbonyl (C=O) groups is 3. The highest BCUT2D eigenvalue weighted by atomic mass is 16.7. The molecule has 0 radical (unpaired) electrons. The normalized spacial score (nSPS) is 9.31. The second-order valence-electron chi connectivity index (χ2n) is 2.48. The SMILES string of the molecule is CC(=O)CCC(=O)NOCC(N)=O. The average Bonchev–Trinajstić information content (AvgIpc) is 2.00. The molecule has 6 nitrogen and oxygen atoms in total. The van der Waals surface area contributed by atoms with E-state index in [0.29, 0.717) is 0 Å². The lowest BCUT2D eigenvalue weighted by atomic mass is 10.2. The Morgan fingerprint density at radius 2 is 1.92 bits per heavy atom. The fourth-order valence-corrected chi connectivity index (χ4v) is 0.528. The van der Waals surface area contributed by atoms with Crippen LogP contribution < -0.4 is 11.2 Å². The van der Waals surface area contributed by atoms with Crippen LogP contribution in [-0.2, 0) is 19.2 Å². The van der Waals surface area contributed by atoms with Crippen molar-refractivity contribution in [3.8, 4) is 0 Å². The molecule has 0 aromatic carbocycles. The van der Waals surface area contributed by atoms with Gasteiger partial charge in [-0.3, -0.25) is 14.4 Å². The largest absolute Gasteiger partial charge is 0.368 e. The van der Waals surface area contributed by atoms with Gasteiger partial charge in [-0.1, -0.05) is 0 Å². The first-order chi connectivity index (χ1) is 6.02. The Balaban J connectivity index is 3.41. The van der Waals surface area contributed by atoms with Crippen LogP contribution in [0.5, 0.6) is 0 Å². The fraction of sp³-hybridized carbons (Fsp3) is 0.571. The monoisotopic (exact) mass is 188 g/mol. The second-order valence-corrected chi connectivity index (χ2v) is 2.48. The summed E-state index contributed by atoms with van der Waals surface area (Å²) in [6, 6.07) is 0. The van der Waals surface area contributed by atoms with Crippen LogP contribution in [0.15, 0.2) is 0 Å². The third kappa shape index (κ3) is 8.48. The van der Waals surface area contributed by atoms with Crippen molar-refractivity contribution in [3.05, 3.63) is 0 Å². The lowest BCUT2D eigenvalue weighted by Gasteiger charge is -2.02. The molecule has 0 bridgehead atoms. The summed E-state index contributed by atoms with van der Waals surface area (Å²) >= 11 is 0. The van der Waals surface area contributed by atoms with Crippen molar-refractivity contribution in [1.29, 1.82) is 0 Å². The molecule has 0 aliphatic heterocycles. The minimum Gasteiger partial charge on any atom is -0.368 e. The zero-order valence-corrected chi connectivity index (χ0v) is 7.33. The van der Waals surface area contributed by atoms with Gasteiger partial charge in [-0.15, -0.1) is 0 Å². The van der Waals surface area contributed by atoms with Crippen molar-refractivity contribution in [2.45, 2.75) is 19.8 Å². The topological polar surface area (TPSA) is 98.5 Å². The maximum Gasteiger partial charge on any atom is 0.246 e. The predicted molar refractivity (Wildman–Crippen MR) is 43.2 cm³/mol. The molecule has 0 aromatic rings. The van der Waals surface area contributed by atoms with Gasteiger partial charge in [0, 0.05) is 12.8 Å². The Kier molecular flexibility index (Phi) is 5.45. The van der Waals surface area contributed by atoms with E-state index in [-0.39, 0.29) is 25.2 Å². The molecule has 0 saturated heterocycles. The Morgan fingerprint density at radius 3 is 2.38 bits per heavy atom. The van der Waals surface area contributed by atoms with Crippen molar-refractivity contribution < 1.29 is 19.2 Å². The van der Waals surface area contributed by atoms with Gasteiger partial charge in [-0.25, -0.2) is 5.48 Å². The molecule has 3 N–H and O–H groups in total. The maximum absolute atomic E-state index is 10.8. The molecule has 74 valence electrons. The molecule has 0 aliphatic carbocycles. The first-order valence-electron chi connectivity index (χ1n) is 3.70. The summed E-state index contributed by atoms with van der Waals surface area (Å²) in [5.74, 6) is -1.20. The Morgan fingerprint density at radius 1 is 1.31 bits per heavy atom. The molecule has 0 atom stereocenters. The second kappa shape index (κ2) is 6.13. The smallest absolute Gasteiger partial charge is 0.246 e. The van der Waals surface area contributed by atoms with Crippen molar-refractivity contribution in [2.24, 2.45) is 5.73 Å². The number of hydroxylamine groups is 1. The average molecular weight is 188 g/mol. The zero-order valence-electron chi connectivity index (χ0n) is 7.33. The standard InChI is InChI=1S/C7H12N2O4/c1-5(10)2-3-7(12)9-13-4-6(8)11/h2-4H2,1H3,(H2,8,11)(H,9,12). The van der Waals surface area contributed by atoms with E-state index in [1.807, 2.05) is 5.48 Å². The van der Waals surface area contributed by atoms with Crippen LogP contribution in [-0.4, -0.2) is 24.2 Å². The van der Waals surface area contributed by atoms with Crippen molar-refractivity contribution in [3.63, 3.8) is 0 Å². The molecule has 0 fully saturated rings. The van der Waals surface area contributed by atoms with E-state index in [2.05, 4.69) is 4.84 Å². The molecule has 0 rings (SSSR count). The van der Waals surface area contributed by atoms with Gasteiger partial charge in [-0.2, -0.15) is 0 Å². The first-order valence-corrected chi connectivity index (χ1v) is 3.70. The molecular weight excluding hydrogens is 176 g/mol. The van der Waals surface area contributed by atoms with Gasteiger partial charge >= 0.3 is 0 Å². The Bertz CT molecular complexity index is 215. The van der Waals surface area contributed by atoms with Gasteiger partial charge in [0.05, 0.1) is 0 Å². The van der Waals surface area contributed by atoms with Crippen molar-refractivity contribution in [2.75, 3.05) is 6.61 Å². The van der Waals surface area contributed by atoms with E-state index in [4.69, 9.17) is 5.73 Å². The van der Waals surface area contributed by atoms with Crippen LogP contribution in [0.2, 0.25) is 0 Å². The van der Waals surface area contributed by atoms with E-state index in [9.17, 15) is 14.4 Å². The first kappa shape index (κ1) is 11.6. The van der Waals surface area contributed by atoms with Gasteiger partial charge < -0.3 is 10.5 Å². The molecule has 0 aliphatic rings. The molecule has 13 heavy (non-hydrogen) atoms. The lowest BCUT2D eigenvalue weighted by Crippen LogP contribution is -2.29. The van der Waals surface area contributed by atoms with Gasteiger partial charge in [-0.05, 0) is 6.92 Å². The number of amides is 2. The molecule has 6 heteroatoms. The van der Waals surface area contributed by atoms with Crippen LogP contribution in [0, 0.1) is 0 Å². The number of hydrogen-bond acceptors (Lipinski definition) is 4. The zero-order chi connectivity index (χ0) is 10.3. The van der Waals surface area contributed by atoms with E-state index in [0.717, 1.165) is 0 Å². The summed E-state index contributed by atoms with van der Waals surface area (Å²) in [6.45, 7) is 1.02. The maximum atomic E-state index is 10.8. The predicted octanol–water partition coefficient (Wildman–Crippen LogP) is -1.11. The van der Waals surface area contributed by atoms with Crippen LogP contribution in [0.4, 0.5) is 0 Å². The summed E-state index contributed by atoms with van der Waals surface area (Å²) in [7, 11) is 0. The van der Waals surface area contributed by atoms with Gasteiger partial charge in [0.15, 0.2) is 6.61 Å². The molecule has 0 aromatic heterocycles. The van der Waals surface area contributed by atoms with E-state index in [1.54, 1.807) is 0 Å². The number of hydrogen-bond donors (Lipinski definition) is 2. The van der Waals surface area contributed by atoms with E-state index < -0.39 is 11.8 Å². The summed E-state index contributed by atoms with van der Waals surface area (Å²) in [5.41, 5.74) is 6.71. The van der Waals surface area contributed by atoms with Crippen molar-refractivity contribution >= 4 is 17.6 Å². The molecule has 2 amide bonds. The molecule has 0 heterocycles. The molecular formula is C7H12N2O4. The van der Waals surface area contributed by atoms with E-state index in [1.165, 1.54) is 6.92 Å². The summed E-state index contributed by atoms with van der Waals surface area (Å²) in [6.07, 6.45) is 0.208. The highest BCUT2D eigenvalue weighted by molar-refractivity contribution is 5.83. The van der Waals surface area contributed by atoms with Crippen LogP contribution in [0.3, 0.4) is 0 Å².